The van der Waals surface area contributed by atoms with Crippen LogP contribution < -0.4 is 5.32 Å². The van der Waals surface area contributed by atoms with Crippen molar-refractivity contribution in [3.63, 3.8) is 0 Å². The Labute approximate surface area is 166 Å². The van der Waals surface area contributed by atoms with Crippen molar-refractivity contribution in [3.8, 4) is 0 Å². The number of aryl methyl sites for hydroxylation is 1. The van der Waals surface area contributed by atoms with Crippen LogP contribution in [0.4, 0.5) is 14.5 Å². The monoisotopic (exact) mass is 413 g/mol. The van der Waals surface area contributed by atoms with Crippen LogP contribution in [0.15, 0.2) is 34.5 Å². The minimum Gasteiger partial charge on any atom is -0.322 e. The quantitative estimate of drug-likeness (QED) is 0.676. The zero-order valence-corrected chi connectivity index (χ0v) is 16.6. The van der Waals surface area contributed by atoms with Crippen molar-refractivity contribution in [3.05, 3.63) is 56.8 Å². The number of anilines is 1. The SMILES string of the molecule is CCC1C(=C(Cl)Cl)C(C)c2cccc(NC(=O)c3cn(C)nc3C(F)F)c21. The van der Waals surface area contributed by atoms with Gasteiger partial charge in [-0.25, -0.2) is 8.78 Å². The molecule has 1 amide bonds. The number of nitrogens with one attached hydrogen (secondary N) is 1. The molecule has 0 saturated carbocycles. The Morgan fingerprint density at radius 2 is 2.07 bits per heavy atom. The molecule has 0 saturated heterocycles. The molecule has 2 unspecified atom stereocenters. The van der Waals surface area contributed by atoms with Gasteiger partial charge in [0.1, 0.15) is 10.2 Å². The summed E-state index contributed by atoms with van der Waals surface area (Å²) in [6.45, 7) is 4.02. The van der Waals surface area contributed by atoms with Gasteiger partial charge in [-0.3, -0.25) is 9.48 Å². The lowest BCUT2D eigenvalue weighted by Gasteiger charge is -2.16. The van der Waals surface area contributed by atoms with Gasteiger partial charge < -0.3 is 5.32 Å². The minimum atomic E-state index is -2.83. The fraction of sp³-hybridized carbons (Fsp3) is 0.368. The van der Waals surface area contributed by atoms with E-state index in [0.29, 0.717) is 5.69 Å². The highest BCUT2D eigenvalue weighted by atomic mass is 35.5. The van der Waals surface area contributed by atoms with E-state index in [0.717, 1.165) is 23.1 Å². The zero-order chi connectivity index (χ0) is 19.9. The summed E-state index contributed by atoms with van der Waals surface area (Å²) in [6, 6.07) is 5.55. The smallest absolute Gasteiger partial charge is 0.282 e. The molecule has 0 bridgehead atoms. The summed E-state index contributed by atoms with van der Waals surface area (Å²) in [5.74, 6) is -0.648. The van der Waals surface area contributed by atoms with Crippen LogP contribution in [0, 0.1) is 0 Å². The van der Waals surface area contributed by atoms with E-state index in [1.165, 1.54) is 17.9 Å². The van der Waals surface area contributed by atoms with Gasteiger partial charge in [-0.05, 0) is 29.2 Å². The number of nitrogens with zero attached hydrogens (tertiary/aromatic N) is 2. The van der Waals surface area contributed by atoms with Crippen molar-refractivity contribution < 1.29 is 13.6 Å². The number of alkyl halides is 2. The zero-order valence-electron chi connectivity index (χ0n) is 15.1. The van der Waals surface area contributed by atoms with Gasteiger partial charge in [0, 0.05) is 30.8 Å². The second kappa shape index (κ2) is 7.60. The third-order valence-electron chi connectivity index (χ3n) is 4.98. The Kier molecular flexibility index (Phi) is 5.58. The average molecular weight is 414 g/mol. The molecule has 1 aliphatic rings. The first-order chi connectivity index (χ1) is 12.8. The van der Waals surface area contributed by atoms with E-state index in [2.05, 4.69) is 10.4 Å². The van der Waals surface area contributed by atoms with Crippen LogP contribution in [0.25, 0.3) is 0 Å². The van der Waals surface area contributed by atoms with Gasteiger partial charge in [-0.1, -0.05) is 49.2 Å². The number of halogens is 4. The molecule has 144 valence electrons. The van der Waals surface area contributed by atoms with E-state index in [4.69, 9.17) is 23.2 Å². The number of hydrogen-bond acceptors (Lipinski definition) is 2. The number of hydrogen-bond donors (Lipinski definition) is 1. The van der Waals surface area contributed by atoms with Crippen LogP contribution in [0.5, 0.6) is 0 Å². The molecule has 4 nitrogen and oxygen atoms in total. The second-order valence-electron chi connectivity index (χ2n) is 6.56. The molecule has 0 fully saturated rings. The van der Waals surface area contributed by atoms with Crippen molar-refractivity contribution >= 4 is 34.8 Å². The Morgan fingerprint density at radius 3 is 2.67 bits per heavy atom. The van der Waals surface area contributed by atoms with Crippen molar-refractivity contribution in [1.29, 1.82) is 0 Å². The molecule has 1 aromatic heterocycles. The summed E-state index contributed by atoms with van der Waals surface area (Å²) in [6.07, 6.45) is -0.792. The maximum atomic E-state index is 13.2. The van der Waals surface area contributed by atoms with Gasteiger partial charge in [-0.2, -0.15) is 5.10 Å². The summed E-state index contributed by atoms with van der Waals surface area (Å²) in [4.78, 5) is 12.7. The highest BCUT2D eigenvalue weighted by Crippen LogP contribution is 2.52. The number of aromatic nitrogens is 2. The molecular formula is C19H19Cl2F2N3O. The number of carbonyl (C=O) groups is 1. The second-order valence-corrected chi connectivity index (χ2v) is 7.51. The maximum absolute atomic E-state index is 13.2. The fourth-order valence-electron chi connectivity index (χ4n) is 3.83. The third kappa shape index (κ3) is 3.48. The molecule has 8 heteroatoms. The van der Waals surface area contributed by atoms with E-state index >= 15 is 0 Å². The van der Waals surface area contributed by atoms with E-state index in [9.17, 15) is 13.6 Å². The van der Waals surface area contributed by atoms with E-state index < -0.39 is 18.0 Å². The van der Waals surface area contributed by atoms with Gasteiger partial charge >= 0.3 is 0 Å². The number of allylic oxidation sites excluding steroid dienone is 1. The van der Waals surface area contributed by atoms with Gasteiger partial charge in [0.15, 0.2) is 0 Å². The first-order valence-corrected chi connectivity index (χ1v) is 9.32. The summed E-state index contributed by atoms with van der Waals surface area (Å²) < 4.78 is 27.8. The molecule has 2 aromatic rings. The molecular weight excluding hydrogens is 395 g/mol. The minimum absolute atomic E-state index is 0.0156. The average Bonchev–Trinajstić information content (AvgIpc) is 3.14. The van der Waals surface area contributed by atoms with Gasteiger partial charge in [0.25, 0.3) is 12.3 Å². The highest BCUT2D eigenvalue weighted by Gasteiger charge is 2.36. The number of carbonyl (C=O) groups excluding carboxylic acids is 1. The summed E-state index contributed by atoms with van der Waals surface area (Å²) >= 11 is 12.2. The lowest BCUT2D eigenvalue weighted by molar-refractivity contribution is 0.101. The van der Waals surface area contributed by atoms with Crippen molar-refractivity contribution in [2.24, 2.45) is 7.05 Å². The Balaban J connectivity index is 2.02. The lowest BCUT2D eigenvalue weighted by atomic mass is 9.93. The van der Waals surface area contributed by atoms with Crippen LogP contribution in [-0.4, -0.2) is 15.7 Å². The molecule has 1 heterocycles. The lowest BCUT2D eigenvalue weighted by Crippen LogP contribution is -2.15. The van der Waals surface area contributed by atoms with Crippen LogP contribution in [0.3, 0.4) is 0 Å². The van der Waals surface area contributed by atoms with Crippen molar-refractivity contribution in [2.45, 2.75) is 38.5 Å². The first kappa shape index (κ1) is 19.8. The standard InChI is InChI=1S/C19H19Cl2F2N3O/c1-4-10-14(17(20)21)9(2)11-6-5-7-13(15(10)11)24-19(27)12-8-26(3)25-16(12)18(22)23/h5-10,18H,4H2,1-3H3,(H,24,27). The topological polar surface area (TPSA) is 46.9 Å². The fourth-order valence-corrected chi connectivity index (χ4v) is 4.42. The predicted molar refractivity (Wildman–Crippen MR) is 103 cm³/mol. The van der Waals surface area contributed by atoms with Crippen LogP contribution in [0.2, 0.25) is 0 Å². The molecule has 1 aliphatic carbocycles. The molecule has 2 atom stereocenters. The summed E-state index contributed by atoms with van der Waals surface area (Å²) in [7, 11) is 1.50. The highest BCUT2D eigenvalue weighted by molar-refractivity contribution is 6.56. The first-order valence-electron chi connectivity index (χ1n) is 8.57. The summed E-state index contributed by atoms with van der Waals surface area (Å²) in [5, 5.41) is 6.46. The number of benzene rings is 1. The summed E-state index contributed by atoms with van der Waals surface area (Å²) in [5.41, 5.74) is 2.76. The van der Waals surface area contributed by atoms with Gasteiger partial charge in [0.05, 0.1) is 5.56 Å². The van der Waals surface area contributed by atoms with Crippen LogP contribution >= 0.6 is 23.2 Å². The van der Waals surface area contributed by atoms with Crippen LogP contribution in [0.1, 0.15) is 65.7 Å². The number of amides is 1. The molecule has 1 aromatic carbocycles. The number of fused-ring (bicyclic) bond motifs is 1. The predicted octanol–water partition coefficient (Wildman–Crippen LogP) is 5.91. The van der Waals surface area contributed by atoms with E-state index in [1.54, 1.807) is 6.07 Å². The van der Waals surface area contributed by atoms with E-state index in [-0.39, 0.29) is 21.9 Å². The van der Waals surface area contributed by atoms with E-state index in [1.807, 2.05) is 26.0 Å². The van der Waals surface area contributed by atoms with Gasteiger partial charge in [-0.15, -0.1) is 0 Å². The van der Waals surface area contributed by atoms with Crippen LogP contribution in [-0.2, 0) is 7.05 Å². The largest absolute Gasteiger partial charge is 0.322 e. The van der Waals surface area contributed by atoms with Crippen molar-refractivity contribution in [2.75, 3.05) is 5.32 Å². The molecule has 1 N–H and O–H groups in total. The molecule has 0 aliphatic heterocycles. The molecule has 0 spiro atoms. The third-order valence-corrected chi connectivity index (χ3v) is 5.42. The van der Waals surface area contributed by atoms with Gasteiger partial charge in [0.2, 0.25) is 0 Å². The Bertz CT molecular complexity index is 920. The Morgan fingerprint density at radius 1 is 1.37 bits per heavy atom. The normalized spacial score (nSPS) is 18.7. The Hall–Kier alpha value is -1.92. The number of rotatable bonds is 4. The van der Waals surface area contributed by atoms with Crippen molar-refractivity contribution in [1.82, 2.24) is 9.78 Å². The molecule has 27 heavy (non-hydrogen) atoms. The molecule has 0 radical (unpaired) electrons. The maximum Gasteiger partial charge on any atom is 0.282 e. The molecule has 3 rings (SSSR count).